The predicted octanol–water partition coefficient (Wildman–Crippen LogP) is 5.18. The summed E-state index contributed by atoms with van der Waals surface area (Å²) < 4.78 is 50.1. The van der Waals surface area contributed by atoms with Crippen LogP contribution in [0, 0.1) is 11.6 Å². The number of nitrogens with zero attached hydrogens (tertiary/aromatic N) is 3. The van der Waals surface area contributed by atoms with Crippen LogP contribution in [-0.4, -0.2) is 33.6 Å². The van der Waals surface area contributed by atoms with Gasteiger partial charge in [-0.2, -0.15) is 0 Å². The smallest absolute Gasteiger partial charge is 0.149 e. The highest BCUT2D eigenvalue weighted by molar-refractivity contribution is 7.92. The highest BCUT2D eigenvalue weighted by atomic mass is 32.2. The summed E-state index contributed by atoms with van der Waals surface area (Å²) >= 11 is 0. The maximum atomic E-state index is 14.5. The van der Waals surface area contributed by atoms with Crippen molar-refractivity contribution >= 4 is 21.4 Å². The Morgan fingerprint density at radius 3 is 2.55 bits per heavy atom. The molecular formula is C22H24F2N4O2S. The molecule has 1 N–H and O–H groups in total. The molecule has 6 nitrogen and oxygen atoms in total. The van der Waals surface area contributed by atoms with Crippen LogP contribution in [-0.2, 0) is 15.5 Å². The summed E-state index contributed by atoms with van der Waals surface area (Å²) in [5.74, 6) is 0.258. The molecule has 1 atom stereocenters. The van der Waals surface area contributed by atoms with Crippen LogP contribution in [0.1, 0.15) is 19.4 Å². The lowest BCUT2D eigenvalue weighted by atomic mass is 10.0. The number of aromatic nitrogens is 2. The number of halogens is 2. The molecule has 0 saturated carbocycles. The molecule has 31 heavy (non-hydrogen) atoms. The quantitative estimate of drug-likeness (QED) is 0.541. The Labute approximate surface area is 180 Å². The van der Waals surface area contributed by atoms with Gasteiger partial charge in [0.05, 0.1) is 25.1 Å². The molecule has 0 fully saturated rings. The number of nitrogens with one attached hydrogen (secondary N) is 1. The van der Waals surface area contributed by atoms with Crippen molar-refractivity contribution in [3.63, 3.8) is 0 Å². The van der Waals surface area contributed by atoms with Crippen LogP contribution in [0.2, 0.25) is 0 Å². The van der Waals surface area contributed by atoms with Gasteiger partial charge in [-0.15, -0.1) is 0 Å². The van der Waals surface area contributed by atoms with E-state index in [1.807, 2.05) is 13.8 Å². The van der Waals surface area contributed by atoms with Gasteiger partial charge >= 0.3 is 0 Å². The van der Waals surface area contributed by atoms with Gasteiger partial charge in [-0.3, -0.25) is 0 Å². The molecule has 164 valence electrons. The number of anilines is 2. The Bertz CT molecular complexity index is 1210. The lowest BCUT2D eigenvalue weighted by molar-refractivity contribution is 0.412. The zero-order chi connectivity index (χ0) is 22.6. The number of hydrogen-bond acceptors (Lipinski definition) is 6. The molecule has 0 aliphatic heterocycles. The first-order valence-electron chi connectivity index (χ1n) is 9.57. The van der Waals surface area contributed by atoms with Crippen LogP contribution in [0.4, 0.5) is 20.4 Å². The van der Waals surface area contributed by atoms with E-state index in [2.05, 4.69) is 19.6 Å². The highest BCUT2D eigenvalue weighted by Crippen LogP contribution is 2.33. The number of rotatable bonds is 7. The Morgan fingerprint density at radius 1 is 1.10 bits per heavy atom. The minimum Gasteiger partial charge on any atom is -0.496 e. The minimum atomic E-state index is -2.37. The molecule has 0 amide bonds. The van der Waals surface area contributed by atoms with E-state index in [9.17, 15) is 13.0 Å². The van der Waals surface area contributed by atoms with Gasteiger partial charge in [-0.25, -0.2) is 27.3 Å². The van der Waals surface area contributed by atoms with Crippen molar-refractivity contribution in [3.05, 3.63) is 66.0 Å². The van der Waals surface area contributed by atoms with Crippen molar-refractivity contribution < 1.29 is 17.7 Å². The fourth-order valence-corrected chi connectivity index (χ4v) is 4.92. The van der Waals surface area contributed by atoms with Gasteiger partial charge in [-0.05, 0) is 49.7 Å². The second-order valence-electron chi connectivity index (χ2n) is 7.37. The summed E-state index contributed by atoms with van der Waals surface area (Å²) in [6.07, 6.45) is 4.30. The SMILES string of the molecule is COc1cc(F)ccc1-c1cc(Nc2cc(CS(C)(=O)=NC(C)C)ccn2)ncc1F. The van der Waals surface area contributed by atoms with Crippen LogP contribution in [0.15, 0.2) is 53.2 Å². The van der Waals surface area contributed by atoms with E-state index in [0.717, 1.165) is 11.8 Å². The molecule has 1 unspecified atom stereocenters. The Morgan fingerprint density at radius 2 is 1.84 bits per heavy atom. The summed E-state index contributed by atoms with van der Waals surface area (Å²) in [7, 11) is -0.981. The third-order valence-corrected chi connectivity index (χ3v) is 5.99. The van der Waals surface area contributed by atoms with Crippen LogP contribution in [0.25, 0.3) is 11.1 Å². The Balaban J connectivity index is 1.90. The normalized spacial score (nSPS) is 13.0. The topological polar surface area (TPSA) is 76.5 Å². The molecule has 2 aromatic heterocycles. The Hall–Kier alpha value is -3.07. The van der Waals surface area contributed by atoms with E-state index in [1.165, 1.54) is 31.4 Å². The number of pyridine rings is 2. The fourth-order valence-electron chi connectivity index (χ4n) is 3.16. The first-order valence-corrected chi connectivity index (χ1v) is 11.7. The molecule has 2 heterocycles. The van der Waals surface area contributed by atoms with Crippen molar-refractivity contribution in [2.75, 3.05) is 18.7 Å². The zero-order valence-electron chi connectivity index (χ0n) is 17.7. The van der Waals surface area contributed by atoms with Gasteiger partial charge in [0.1, 0.15) is 29.0 Å². The number of ether oxygens (including phenoxy) is 1. The molecule has 0 aliphatic rings. The number of methoxy groups -OCH3 is 1. The zero-order valence-corrected chi connectivity index (χ0v) is 18.5. The summed E-state index contributed by atoms with van der Waals surface area (Å²) in [6.45, 7) is 3.77. The van der Waals surface area contributed by atoms with Gasteiger partial charge in [0.25, 0.3) is 0 Å². The molecule has 0 spiro atoms. The van der Waals surface area contributed by atoms with E-state index in [1.54, 1.807) is 24.6 Å². The van der Waals surface area contributed by atoms with Gasteiger partial charge in [0, 0.05) is 39.4 Å². The Kier molecular flexibility index (Phi) is 6.84. The van der Waals surface area contributed by atoms with E-state index < -0.39 is 21.4 Å². The number of benzene rings is 1. The summed E-state index contributed by atoms with van der Waals surface area (Å²) in [5.41, 5.74) is 1.41. The summed E-state index contributed by atoms with van der Waals surface area (Å²) in [6, 6.07) is 8.88. The summed E-state index contributed by atoms with van der Waals surface area (Å²) in [5, 5.41) is 3.03. The first-order chi connectivity index (χ1) is 14.7. The molecule has 1 aromatic carbocycles. The largest absolute Gasteiger partial charge is 0.496 e. The van der Waals surface area contributed by atoms with Gasteiger partial charge < -0.3 is 10.1 Å². The summed E-state index contributed by atoms with van der Waals surface area (Å²) in [4.78, 5) is 8.31. The average Bonchev–Trinajstić information content (AvgIpc) is 2.68. The third kappa shape index (κ3) is 5.97. The van der Waals surface area contributed by atoms with Crippen LogP contribution < -0.4 is 10.1 Å². The van der Waals surface area contributed by atoms with Crippen molar-refractivity contribution in [2.24, 2.45) is 4.36 Å². The van der Waals surface area contributed by atoms with E-state index >= 15 is 0 Å². The van der Waals surface area contributed by atoms with Crippen LogP contribution in [0.3, 0.4) is 0 Å². The monoisotopic (exact) mass is 446 g/mol. The fraction of sp³-hybridized carbons (Fsp3) is 0.273. The van der Waals surface area contributed by atoms with E-state index in [4.69, 9.17) is 4.74 Å². The van der Waals surface area contributed by atoms with Crippen molar-refractivity contribution in [3.8, 4) is 16.9 Å². The lowest BCUT2D eigenvalue weighted by Crippen LogP contribution is -2.06. The standard InChI is InChI=1S/C22H24F2N4O2S/c1-14(2)28-31(4,29)13-15-7-8-25-21(9-15)27-22-11-18(19(24)12-26-22)17-6-5-16(23)10-20(17)30-3/h5-12,14H,13H2,1-4H3,(H,25,26,27). The first kappa shape index (κ1) is 22.6. The van der Waals surface area contributed by atoms with Crippen LogP contribution in [0.5, 0.6) is 5.75 Å². The molecule has 0 aliphatic carbocycles. The molecule has 3 aromatic rings. The van der Waals surface area contributed by atoms with Crippen molar-refractivity contribution in [1.82, 2.24) is 9.97 Å². The maximum Gasteiger partial charge on any atom is 0.149 e. The highest BCUT2D eigenvalue weighted by Gasteiger charge is 2.14. The molecule has 0 saturated heterocycles. The molecule has 9 heteroatoms. The van der Waals surface area contributed by atoms with Crippen molar-refractivity contribution in [2.45, 2.75) is 25.6 Å². The second kappa shape index (κ2) is 9.38. The molecule has 0 bridgehead atoms. The second-order valence-corrected chi connectivity index (χ2v) is 9.79. The number of hydrogen-bond donors (Lipinski definition) is 1. The molecular weight excluding hydrogens is 422 g/mol. The molecule has 0 radical (unpaired) electrons. The third-order valence-electron chi connectivity index (χ3n) is 4.26. The van der Waals surface area contributed by atoms with Gasteiger partial charge in [0.2, 0.25) is 0 Å². The maximum absolute atomic E-state index is 14.5. The minimum absolute atomic E-state index is 0.0257. The van der Waals surface area contributed by atoms with Gasteiger partial charge in [-0.1, -0.05) is 0 Å². The molecule has 3 rings (SSSR count). The van der Waals surface area contributed by atoms with Gasteiger partial charge in [0.15, 0.2) is 0 Å². The van der Waals surface area contributed by atoms with E-state index in [-0.39, 0.29) is 23.1 Å². The predicted molar refractivity (Wildman–Crippen MR) is 119 cm³/mol. The van der Waals surface area contributed by atoms with Crippen molar-refractivity contribution in [1.29, 1.82) is 0 Å². The van der Waals surface area contributed by atoms with Crippen LogP contribution >= 0.6 is 0 Å². The average molecular weight is 447 g/mol. The lowest BCUT2D eigenvalue weighted by Gasteiger charge is -2.12. The van der Waals surface area contributed by atoms with E-state index in [0.29, 0.717) is 17.2 Å².